The second-order valence-electron chi connectivity index (χ2n) is 4.45. The lowest BCUT2D eigenvalue weighted by atomic mass is 10.0. The summed E-state index contributed by atoms with van der Waals surface area (Å²) in [6.07, 6.45) is 0. The van der Waals surface area contributed by atoms with Crippen LogP contribution in [0.4, 0.5) is 0 Å². The average Bonchev–Trinajstić information content (AvgIpc) is 2.43. The van der Waals surface area contributed by atoms with Crippen LogP contribution in [0.15, 0.2) is 24.3 Å². The van der Waals surface area contributed by atoms with E-state index in [9.17, 15) is 10.1 Å². The first-order valence-corrected chi connectivity index (χ1v) is 6.59. The van der Waals surface area contributed by atoms with Crippen LogP contribution in [0.1, 0.15) is 31.0 Å². The summed E-state index contributed by atoms with van der Waals surface area (Å²) in [5, 5.41) is 12.0. The molecule has 1 rings (SSSR count). The Morgan fingerprint density at radius 3 is 2.53 bits per heavy atom. The summed E-state index contributed by atoms with van der Waals surface area (Å²) in [5.41, 5.74) is 1.87. The summed E-state index contributed by atoms with van der Waals surface area (Å²) in [6, 6.07) is 9.19. The third kappa shape index (κ3) is 4.38. The molecule has 0 fully saturated rings. The molecular weight excluding hydrogens is 238 g/mol. The van der Waals surface area contributed by atoms with E-state index < -0.39 is 6.04 Å². The highest BCUT2D eigenvalue weighted by Crippen LogP contribution is 2.16. The van der Waals surface area contributed by atoms with E-state index in [0.717, 1.165) is 24.2 Å². The first kappa shape index (κ1) is 15.2. The Labute approximate surface area is 115 Å². The van der Waals surface area contributed by atoms with Crippen LogP contribution in [0.3, 0.4) is 0 Å². The van der Waals surface area contributed by atoms with Gasteiger partial charge in [0.1, 0.15) is 6.04 Å². The van der Waals surface area contributed by atoms with Gasteiger partial charge in [-0.3, -0.25) is 9.69 Å². The van der Waals surface area contributed by atoms with Gasteiger partial charge in [-0.05, 0) is 31.1 Å². The van der Waals surface area contributed by atoms with Crippen molar-refractivity contribution < 1.29 is 4.79 Å². The van der Waals surface area contributed by atoms with Crippen molar-refractivity contribution in [2.24, 2.45) is 0 Å². The third-order valence-electron chi connectivity index (χ3n) is 3.20. The molecule has 1 aromatic rings. The van der Waals surface area contributed by atoms with Crippen LogP contribution >= 0.6 is 0 Å². The molecular formula is C15H21N3O. The van der Waals surface area contributed by atoms with Gasteiger partial charge >= 0.3 is 0 Å². The molecule has 0 aromatic heterocycles. The zero-order valence-electron chi connectivity index (χ0n) is 11.8. The van der Waals surface area contributed by atoms with Gasteiger partial charge in [0, 0.05) is 0 Å². The number of amides is 1. The lowest BCUT2D eigenvalue weighted by Crippen LogP contribution is -2.38. The number of aryl methyl sites for hydroxylation is 1. The van der Waals surface area contributed by atoms with Gasteiger partial charge in [0.2, 0.25) is 5.91 Å². The highest BCUT2D eigenvalue weighted by Gasteiger charge is 2.16. The summed E-state index contributed by atoms with van der Waals surface area (Å²) in [7, 11) is 0. The SMILES string of the molecule is CCN(CC)CC(=O)N[C@@H](C#N)c1ccccc1C. The minimum atomic E-state index is -0.579. The Morgan fingerprint density at radius 1 is 1.37 bits per heavy atom. The molecule has 0 saturated heterocycles. The number of nitriles is 1. The molecule has 0 heterocycles. The molecule has 19 heavy (non-hydrogen) atoms. The largest absolute Gasteiger partial charge is 0.336 e. The van der Waals surface area contributed by atoms with Crippen LogP contribution in [0.25, 0.3) is 0 Å². The van der Waals surface area contributed by atoms with E-state index in [4.69, 9.17) is 0 Å². The van der Waals surface area contributed by atoms with Crippen LogP contribution in [0.5, 0.6) is 0 Å². The number of carbonyl (C=O) groups excluding carboxylic acids is 1. The van der Waals surface area contributed by atoms with E-state index >= 15 is 0 Å². The molecule has 0 unspecified atom stereocenters. The normalized spacial score (nSPS) is 11.9. The summed E-state index contributed by atoms with van der Waals surface area (Å²) in [5.74, 6) is -0.112. The number of nitrogens with zero attached hydrogens (tertiary/aromatic N) is 2. The fraction of sp³-hybridized carbons (Fsp3) is 0.467. The lowest BCUT2D eigenvalue weighted by molar-refractivity contribution is -0.122. The molecule has 0 spiro atoms. The molecule has 1 N–H and O–H groups in total. The van der Waals surface area contributed by atoms with Gasteiger partial charge in [-0.1, -0.05) is 38.1 Å². The number of carbonyl (C=O) groups is 1. The third-order valence-corrected chi connectivity index (χ3v) is 3.20. The maximum absolute atomic E-state index is 11.9. The highest BCUT2D eigenvalue weighted by molar-refractivity contribution is 5.79. The predicted octanol–water partition coefficient (Wildman–Crippen LogP) is 2.02. The van der Waals surface area contributed by atoms with Gasteiger partial charge in [-0.2, -0.15) is 5.26 Å². The Bertz CT molecular complexity index is 461. The van der Waals surface area contributed by atoms with Gasteiger partial charge in [0.05, 0.1) is 12.6 Å². The van der Waals surface area contributed by atoms with Crippen molar-refractivity contribution in [2.45, 2.75) is 26.8 Å². The van der Waals surface area contributed by atoms with Crippen LogP contribution in [-0.2, 0) is 4.79 Å². The Morgan fingerprint density at radius 2 is 2.00 bits per heavy atom. The van der Waals surface area contributed by atoms with Gasteiger partial charge in [-0.25, -0.2) is 0 Å². The van der Waals surface area contributed by atoms with Crippen LogP contribution in [0.2, 0.25) is 0 Å². The number of benzene rings is 1. The summed E-state index contributed by atoms with van der Waals surface area (Å²) in [6.45, 7) is 7.95. The van der Waals surface area contributed by atoms with Crippen LogP contribution < -0.4 is 5.32 Å². The lowest BCUT2D eigenvalue weighted by Gasteiger charge is -2.19. The molecule has 1 atom stereocenters. The van der Waals surface area contributed by atoms with Crippen molar-refractivity contribution in [3.8, 4) is 6.07 Å². The van der Waals surface area contributed by atoms with E-state index in [1.807, 2.05) is 49.9 Å². The number of rotatable bonds is 6. The van der Waals surface area contributed by atoms with E-state index in [1.54, 1.807) is 0 Å². The molecule has 0 bridgehead atoms. The fourth-order valence-corrected chi connectivity index (χ4v) is 1.95. The number of likely N-dealkylation sites (N-methyl/N-ethyl adjacent to an activating group) is 1. The summed E-state index contributed by atoms with van der Waals surface area (Å²) in [4.78, 5) is 13.9. The molecule has 1 amide bonds. The van der Waals surface area contributed by atoms with E-state index in [1.165, 1.54) is 0 Å². The topological polar surface area (TPSA) is 56.1 Å². The standard InChI is InChI=1S/C15H21N3O/c1-4-18(5-2)11-15(19)17-14(10-16)13-9-7-6-8-12(13)3/h6-9,14H,4-5,11H2,1-3H3,(H,17,19)/t14-/m0/s1. The molecule has 4 nitrogen and oxygen atoms in total. The molecule has 102 valence electrons. The Kier molecular flexibility index (Phi) is 6.04. The van der Waals surface area contributed by atoms with Gasteiger partial charge in [0.25, 0.3) is 0 Å². The van der Waals surface area contributed by atoms with Gasteiger partial charge in [0.15, 0.2) is 0 Å². The fourth-order valence-electron chi connectivity index (χ4n) is 1.95. The quantitative estimate of drug-likeness (QED) is 0.850. The van der Waals surface area contributed by atoms with Crippen molar-refractivity contribution >= 4 is 5.91 Å². The Hall–Kier alpha value is -1.86. The first-order chi connectivity index (χ1) is 9.12. The van der Waals surface area contributed by atoms with Crippen LogP contribution in [-0.4, -0.2) is 30.4 Å². The van der Waals surface area contributed by atoms with E-state index in [0.29, 0.717) is 6.54 Å². The average molecular weight is 259 g/mol. The molecule has 1 aromatic carbocycles. The highest BCUT2D eigenvalue weighted by atomic mass is 16.2. The van der Waals surface area contributed by atoms with Crippen molar-refractivity contribution in [3.05, 3.63) is 35.4 Å². The van der Waals surface area contributed by atoms with E-state index in [2.05, 4.69) is 11.4 Å². The van der Waals surface area contributed by atoms with Crippen molar-refractivity contribution in [3.63, 3.8) is 0 Å². The monoisotopic (exact) mass is 259 g/mol. The summed E-state index contributed by atoms with van der Waals surface area (Å²) >= 11 is 0. The van der Waals surface area contributed by atoms with Crippen molar-refractivity contribution in [2.75, 3.05) is 19.6 Å². The van der Waals surface area contributed by atoms with Gasteiger partial charge in [-0.15, -0.1) is 0 Å². The zero-order chi connectivity index (χ0) is 14.3. The second-order valence-corrected chi connectivity index (χ2v) is 4.45. The number of nitrogens with one attached hydrogen (secondary N) is 1. The Balaban J connectivity index is 2.71. The second kappa shape index (κ2) is 7.55. The van der Waals surface area contributed by atoms with Crippen molar-refractivity contribution in [1.82, 2.24) is 10.2 Å². The molecule has 4 heteroatoms. The molecule has 0 aliphatic rings. The number of hydrogen-bond donors (Lipinski definition) is 1. The minimum absolute atomic E-state index is 0.112. The van der Waals surface area contributed by atoms with Crippen LogP contribution in [0, 0.1) is 18.3 Å². The molecule has 0 aliphatic heterocycles. The molecule has 0 radical (unpaired) electrons. The van der Waals surface area contributed by atoms with Crippen molar-refractivity contribution in [1.29, 1.82) is 5.26 Å². The maximum atomic E-state index is 11.9. The minimum Gasteiger partial charge on any atom is -0.336 e. The summed E-state index contributed by atoms with van der Waals surface area (Å²) < 4.78 is 0. The number of hydrogen-bond acceptors (Lipinski definition) is 3. The first-order valence-electron chi connectivity index (χ1n) is 6.59. The maximum Gasteiger partial charge on any atom is 0.235 e. The van der Waals surface area contributed by atoms with Gasteiger partial charge < -0.3 is 5.32 Å². The molecule has 0 saturated carbocycles. The zero-order valence-corrected chi connectivity index (χ0v) is 11.8. The predicted molar refractivity (Wildman–Crippen MR) is 75.5 cm³/mol. The van der Waals surface area contributed by atoms with E-state index in [-0.39, 0.29) is 5.91 Å². The molecule has 0 aliphatic carbocycles. The smallest absolute Gasteiger partial charge is 0.235 e.